The first-order chi connectivity index (χ1) is 34.3. The summed E-state index contributed by atoms with van der Waals surface area (Å²) < 4.78 is 0. The van der Waals surface area contributed by atoms with Gasteiger partial charge in [-0.1, -0.05) is 203 Å². The van der Waals surface area contributed by atoms with Crippen LogP contribution in [0.1, 0.15) is 124 Å². The van der Waals surface area contributed by atoms with Gasteiger partial charge in [-0.15, -0.1) is 0 Å². The molecule has 8 aromatic carbocycles. The van der Waals surface area contributed by atoms with Crippen molar-refractivity contribution < 1.29 is 0 Å². The lowest BCUT2D eigenvalue weighted by Gasteiger charge is -2.51. The molecule has 360 valence electrons. The Kier molecular flexibility index (Phi) is 10.5. The van der Waals surface area contributed by atoms with Crippen molar-refractivity contribution in [3.63, 3.8) is 0 Å². The Morgan fingerprint density at radius 2 is 0.931 bits per heavy atom. The monoisotopic (exact) mass is 940 g/mol. The van der Waals surface area contributed by atoms with Gasteiger partial charge in [-0.2, -0.15) is 0 Å². The molecule has 0 saturated heterocycles. The summed E-state index contributed by atoms with van der Waals surface area (Å²) in [7, 11) is 0. The summed E-state index contributed by atoms with van der Waals surface area (Å²) in [5, 5.41) is 0. The van der Waals surface area contributed by atoms with Crippen LogP contribution < -0.4 is 31.1 Å². The second-order valence-corrected chi connectivity index (χ2v) is 25.0. The molecule has 0 spiro atoms. The van der Waals surface area contributed by atoms with Crippen LogP contribution in [0.15, 0.2) is 176 Å². The Balaban J connectivity index is 1.21. The number of hydrogen-bond donors (Lipinski definition) is 0. The molecule has 0 aromatic heterocycles. The lowest BCUT2D eigenvalue weighted by Crippen LogP contribution is -2.61. The molecule has 4 heteroatoms. The summed E-state index contributed by atoms with van der Waals surface area (Å²) in [5.74, 6) is 0. The molecule has 1 saturated carbocycles. The highest BCUT2D eigenvalue weighted by Gasteiger charge is 2.58. The van der Waals surface area contributed by atoms with Crippen molar-refractivity contribution >= 4 is 68.6 Å². The molecule has 1 fully saturated rings. The Morgan fingerprint density at radius 3 is 1.56 bits per heavy atom. The second-order valence-electron chi connectivity index (χ2n) is 25.0. The SMILES string of the molecule is CC(C)(C)c1ccc(N2c3ccc(C(C)(C)C)cc3B3c4ccc(-c5ccccc5)cc4N(c4cccc(-c5ccccc5)c4)c4cc(N5c6ccc(C(C)(C)C)cc6C6(C)CCCCC56C)cc2c43)cc1. The Morgan fingerprint density at radius 1 is 0.389 bits per heavy atom. The summed E-state index contributed by atoms with van der Waals surface area (Å²) >= 11 is 0. The van der Waals surface area contributed by atoms with Crippen molar-refractivity contribution in [2.45, 2.75) is 129 Å². The first-order valence-electron chi connectivity index (χ1n) is 26.7. The molecule has 3 nitrogen and oxygen atoms in total. The summed E-state index contributed by atoms with van der Waals surface area (Å²) in [5.41, 5.74) is 24.2. The van der Waals surface area contributed by atoms with Gasteiger partial charge in [0, 0.05) is 50.9 Å². The lowest BCUT2D eigenvalue weighted by atomic mass is 9.33. The van der Waals surface area contributed by atoms with Crippen LogP contribution in [-0.2, 0) is 21.7 Å². The van der Waals surface area contributed by atoms with Crippen LogP contribution in [0.2, 0.25) is 0 Å². The second kappa shape index (κ2) is 16.4. The van der Waals surface area contributed by atoms with Gasteiger partial charge in [-0.25, -0.2) is 0 Å². The molecule has 0 amide bonds. The molecule has 3 heterocycles. The zero-order chi connectivity index (χ0) is 50.1. The average molecular weight is 940 g/mol. The van der Waals surface area contributed by atoms with Crippen molar-refractivity contribution in [3.8, 4) is 22.3 Å². The maximum atomic E-state index is 2.81. The maximum Gasteiger partial charge on any atom is 0.252 e. The molecule has 3 aliphatic heterocycles. The molecule has 0 bridgehead atoms. The van der Waals surface area contributed by atoms with Crippen LogP contribution in [0.4, 0.5) is 45.5 Å². The molecule has 0 radical (unpaired) electrons. The van der Waals surface area contributed by atoms with Crippen LogP contribution in [0.3, 0.4) is 0 Å². The van der Waals surface area contributed by atoms with E-state index in [-0.39, 0.29) is 33.9 Å². The average Bonchev–Trinajstić information content (AvgIpc) is 3.58. The van der Waals surface area contributed by atoms with Crippen LogP contribution in [-0.4, -0.2) is 12.3 Å². The molecular formula is C68H70BN3. The van der Waals surface area contributed by atoms with E-state index in [0.29, 0.717) is 0 Å². The van der Waals surface area contributed by atoms with Crippen molar-refractivity contribution in [2.24, 2.45) is 0 Å². The number of hydrogen-bond acceptors (Lipinski definition) is 3. The predicted octanol–water partition coefficient (Wildman–Crippen LogP) is 16.7. The van der Waals surface area contributed by atoms with Crippen molar-refractivity contribution in [1.82, 2.24) is 0 Å². The van der Waals surface area contributed by atoms with E-state index in [1.165, 1.54) is 120 Å². The highest BCUT2D eigenvalue weighted by atomic mass is 15.3. The van der Waals surface area contributed by atoms with E-state index in [9.17, 15) is 0 Å². The van der Waals surface area contributed by atoms with Gasteiger partial charge >= 0.3 is 0 Å². The van der Waals surface area contributed by atoms with E-state index in [2.05, 4.69) is 267 Å². The number of anilines is 8. The minimum absolute atomic E-state index is 0.0180. The Labute approximate surface area is 430 Å². The zero-order valence-corrected chi connectivity index (χ0v) is 44.5. The number of benzene rings is 8. The molecule has 0 N–H and O–H groups in total. The maximum absolute atomic E-state index is 2.81. The van der Waals surface area contributed by atoms with Crippen molar-refractivity contribution in [2.75, 3.05) is 14.7 Å². The summed E-state index contributed by atoms with van der Waals surface area (Å²) in [6, 6.07) is 68.0. The summed E-state index contributed by atoms with van der Waals surface area (Å²) in [4.78, 5) is 8.07. The highest BCUT2D eigenvalue weighted by Crippen LogP contribution is 2.62. The highest BCUT2D eigenvalue weighted by molar-refractivity contribution is 7.00. The minimum atomic E-state index is -0.150. The van der Waals surface area contributed by atoms with Crippen LogP contribution in [0.25, 0.3) is 22.3 Å². The van der Waals surface area contributed by atoms with E-state index < -0.39 is 0 Å². The van der Waals surface area contributed by atoms with E-state index in [1.807, 2.05) is 0 Å². The van der Waals surface area contributed by atoms with Crippen molar-refractivity contribution in [1.29, 1.82) is 0 Å². The topological polar surface area (TPSA) is 9.72 Å². The van der Waals surface area contributed by atoms with E-state index in [1.54, 1.807) is 0 Å². The van der Waals surface area contributed by atoms with Gasteiger partial charge in [0.05, 0.1) is 5.54 Å². The fraction of sp³-hybridized carbons (Fsp3) is 0.294. The van der Waals surface area contributed by atoms with Gasteiger partial charge in [-0.3, -0.25) is 0 Å². The van der Waals surface area contributed by atoms with Crippen LogP contribution >= 0.6 is 0 Å². The third-order valence-electron chi connectivity index (χ3n) is 17.5. The summed E-state index contributed by atoms with van der Waals surface area (Å²) in [6.45, 7) is 26.3. The van der Waals surface area contributed by atoms with Gasteiger partial charge in [0.2, 0.25) is 0 Å². The van der Waals surface area contributed by atoms with E-state index in [0.717, 1.165) is 12.1 Å². The quantitative estimate of drug-likeness (QED) is 0.159. The molecule has 2 unspecified atom stereocenters. The Bertz CT molecular complexity index is 3410. The largest absolute Gasteiger partial charge is 0.334 e. The Hall–Kier alpha value is -6.78. The molecule has 12 rings (SSSR count). The van der Waals surface area contributed by atoms with E-state index in [4.69, 9.17) is 0 Å². The van der Waals surface area contributed by atoms with Crippen LogP contribution in [0, 0.1) is 0 Å². The third-order valence-corrected chi connectivity index (χ3v) is 17.5. The number of nitrogens with zero attached hydrogens (tertiary/aromatic N) is 3. The third kappa shape index (κ3) is 7.21. The fourth-order valence-corrected chi connectivity index (χ4v) is 13.1. The van der Waals surface area contributed by atoms with Gasteiger partial charge in [0.25, 0.3) is 6.71 Å². The molecule has 2 atom stereocenters. The smallest absolute Gasteiger partial charge is 0.252 e. The molecule has 4 aliphatic rings. The first-order valence-corrected chi connectivity index (χ1v) is 26.7. The molecule has 1 aliphatic carbocycles. The molecular weight excluding hydrogens is 870 g/mol. The minimum Gasteiger partial charge on any atom is -0.334 e. The standard InChI is InChI=1S/C68H70BN3/c1-64(2,3)49-28-32-52(33-29-49)70-59-36-31-51(66(7,8)9)42-57(59)69-56-34-27-48(46-23-16-13-17-24-46)40-60(56)71(53-26-20-25-47(39-53)45-21-14-12-15-22-45)62-44-54(43-61(70)63(62)69)72-58-35-30-50(65(4,5)6)41-55(58)67(10)37-18-19-38-68(67,72)11/h12-17,20-36,39-44H,18-19,37-38H2,1-11H3. The van der Waals surface area contributed by atoms with Crippen molar-refractivity contribution in [3.05, 3.63) is 198 Å². The van der Waals surface area contributed by atoms with Gasteiger partial charge < -0.3 is 14.7 Å². The summed E-state index contributed by atoms with van der Waals surface area (Å²) in [6.07, 6.45) is 4.76. The fourth-order valence-electron chi connectivity index (χ4n) is 13.1. The number of fused-ring (bicyclic) bond motifs is 7. The van der Waals surface area contributed by atoms with Gasteiger partial charge in [0.15, 0.2) is 0 Å². The van der Waals surface area contributed by atoms with E-state index >= 15 is 0 Å². The normalized spacial score (nSPS) is 19.1. The first kappa shape index (κ1) is 46.3. The predicted molar refractivity (Wildman–Crippen MR) is 310 cm³/mol. The number of rotatable bonds is 5. The zero-order valence-electron chi connectivity index (χ0n) is 44.5. The van der Waals surface area contributed by atoms with Gasteiger partial charge in [-0.05, 0) is 152 Å². The lowest BCUT2D eigenvalue weighted by molar-refractivity contribution is 0.195. The molecule has 72 heavy (non-hydrogen) atoms. The van der Waals surface area contributed by atoms with Gasteiger partial charge in [0.1, 0.15) is 0 Å². The van der Waals surface area contributed by atoms with Crippen LogP contribution in [0.5, 0.6) is 0 Å². The molecule has 8 aromatic rings.